The van der Waals surface area contributed by atoms with Crippen molar-refractivity contribution in [3.05, 3.63) is 0 Å². The zero-order valence-electron chi connectivity index (χ0n) is 10.3. The Hall–Kier alpha value is -1.05. The normalized spacial score (nSPS) is 35.3. The number of piperidine rings is 3. The van der Waals surface area contributed by atoms with Gasteiger partial charge in [0.15, 0.2) is 0 Å². The molecule has 1 amide bonds. The van der Waals surface area contributed by atoms with Crippen molar-refractivity contribution in [1.82, 2.24) is 10.2 Å². The molecule has 0 aromatic heterocycles. The molecule has 3 fully saturated rings. The Balaban J connectivity index is 1.81. The summed E-state index contributed by atoms with van der Waals surface area (Å²) in [5, 5.41) is 2.91. The Morgan fingerprint density at radius 2 is 2.47 bits per heavy atom. The predicted molar refractivity (Wildman–Crippen MR) is 65.3 cm³/mol. The highest BCUT2D eigenvalue weighted by Crippen LogP contribution is 2.35. The lowest BCUT2D eigenvalue weighted by Gasteiger charge is -2.48. The molecule has 1 unspecified atom stereocenters. The van der Waals surface area contributed by atoms with Crippen LogP contribution in [0.2, 0.25) is 0 Å². The van der Waals surface area contributed by atoms with Gasteiger partial charge in [0.05, 0.1) is 0 Å². The maximum absolute atomic E-state index is 11.3. The summed E-state index contributed by atoms with van der Waals surface area (Å²) in [6, 6.07) is 0.458. The van der Waals surface area contributed by atoms with Crippen LogP contribution in [0.4, 0.5) is 0 Å². The fraction of sp³-hybridized carbons (Fsp3) is 0.769. The SMILES string of the molecule is C#C[C@H]1CN2CC[C@@H]1C[C@@H]2CNC(=O)COC. The fourth-order valence-electron chi connectivity index (χ4n) is 2.95. The lowest BCUT2D eigenvalue weighted by molar-refractivity contribution is -0.125. The fourth-order valence-corrected chi connectivity index (χ4v) is 2.95. The van der Waals surface area contributed by atoms with E-state index in [0.29, 0.717) is 17.9 Å². The molecule has 3 rings (SSSR count). The van der Waals surface area contributed by atoms with Gasteiger partial charge in [-0.1, -0.05) is 0 Å². The number of carbonyl (C=O) groups excluding carboxylic acids is 1. The molecular formula is C13H20N2O2. The summed E-state index contributed by atoms with van der Waals surface area (Å²) < 4.78 is 4.79. The van der Waals surface area contributed by atoms with Gasteiger partial charge in [-0.2, -0.15) is 0 Å². The molecule has 0 saturated carbocycles. The van der Waals surface area contributed by atoms with Crippen LogP contribution < -0.4 is 5.32 Å². The molecule has 3 aliphatic heterocycles. The van der Waals surface area contributed by atoms with E-state index in [-0.39, 0.29) is 12.5 Å². The van der Waals surface area contributed by atoms with E-state index in [1.54, 1.807) is 0 Å². The number of hydrogen-bond acceptors (Lipinski definition) is 3. The molecule has 4 atom stereocenters. The molecule has 3 aliphatic rings. The molecule has 94 valence electrons. The minimum atomic E-state index is -0.0383. The summed E-state index contributed by atoms with van der Waals surface area (Å²) in [7, 11) is 1.53. The van der Waals surface area contributed by atoms with E-state index in [9.17, 15) is 4.79 Å². The molecule has 0 radical (unpaired) electrons. The number of terminal acetylenes is 1. The number of fused-ring (bicyclic) bond motifs is 3. The van der Waals surface area contributed by atoms with Crippen LogP contribution in [0, 0.1) is 24.2 Å². The third-order valence-corrected chi connectivity index (χ3v) is 3.90. The molecule has 1 N–H and O–H groups in total. The first-order valence-corrected chi connectivity index (χ1v) is 6.20. The summed E-state index contributed by atoms with van der Waals surface area (Å²) in [5.41, 5.74) is 0. The van der Waals surface area contributed by atoms with Crippen molar-refractivity contribution in [3.8, 4) is 12.3 Å². The van der Waals surface area contributed by atoms with E-state index >= 15 is 0 Å². The average molecular weight is 236 g/mol. The van der Waals surface area contributed by atoms with Gasteiger partial charge in [-0.15, -0.1) is 12.3 Å². The van der Waals surface area contributed by atoms with Gasteiger partial charge in [-0.05, 0) is 25.3 Å². The van der Waals surface area contributed by atoms with E-state index < -0.39 is 0 Å². The third-order valence-electron chi connectivity index (χ3n) is 3.90. The van der Waals surface area contributed by atoms with Gasteiger partial charge in [0.25, 0.3) is 0 Å². The molecule has 4 nitrogen and oxygen atoms in total. The van der Waals surface area contributed by atoms with Crippen molar-refractivity contribution >= 4 is 5.91 Å². The van der Waals surface area contributed by atoms with E-state index in [1.165, 1.54) is 13.5 Å². The zero-order chi connectivity index (χ0) is 12.3. The van der Waals surface area contributed by atoms with Crippen LogP contribution in [-0.2, 0) is 9.53 Å². The van der Waals surface area contributed by atoms with E-state index in [4.69, 9.17) is 11.2 Å². The Morgan fingerprint density at radius 1 is 1.65 bits per heavy atom. The third kappa shape index (κ3) is 2.80. The molecule has 0 aliphatic carbocycles. The van der Waals surface area contributed by atoms with Gasteiger partial charge in [0.1, 0.15) is 6.61 Å². The predicted octanol–water partition coefficient (Wildman–Crippen LogP) is 0.0926. The van der Waals surface area contributed by atoms with Crippen LogP contribution in [-0.4, -0.2) is 50.2 Å². The van der Waals surface area contributed by atoms with Gasteiger partial charge < -0.3 is 10.1 Å². The van der Waals surface area contributed by atoms with Gasteiger partial charge in [0, 0.05) is 32.2 Å². The minimum absolute atomic E-state index is 0.0383. The lowest BCUT2D eigenvalue weighted by Crippen LogP contribution is -2.56. The minimum Gasteiger partial charge on any atom is -0.375 e. The second-order valence-corrected chi connectivity index (χ2v) is 4.94. The monoisotopic (exact) mass is 236 g/mol. The summed E-state index contributed by atoms with van der Waals surface area (Å²) in [5.74, 6) is 3.91. The van der Waals surface area contributed by atoms with Gasteiger partial charge in [-0.3, -0.25) is 9.69 Å². The standard InChI is InChI=1S/C13H20N2O2/c1-3-10-8-15-5-4-11(10)6-12(15)7-14-13(16)9-17-2/h1,10-12H,4-9H2,2H3,(H,14,16)/t10-,11+,12+/m0/s1. The smallest absolute Gasteiger partial charge is 0.246 e. The molecular weight excluding hydrogens is 216 g/mol. The highest BCUT2D eigenvalue weighted by molar-refractivity contribution is 5.77. The Morgan fingerprint density at radius 3 is 3.06 bits per heavy atom. The van der Waals surface area contributed by atoms with Crippen molar-refractivity contribution in [3.63, 3.8) is 0 Å². The Kier molecular flexibility index (Phi) is 4.03. The average Bonchev–Trinajstić information content (AvgIpc) is 2.37. The van der Waals surface area contributed by atoms with Crippen molar-refractivity contribution in [1.29, 1.82) is 0 Å². The number of ether oxygens (including phenoxy) is 1. The molecule has 2 bridgehead atoms. The molecule has 4 heteroatoms. The zero-order valence-corrected chi connectivity index (χ0v) is 10.3. The number of nitrogens with one attached hydrogen (secondary N) is 1. The Labute approximate surface area is 103 Å². The van der Waals surface area contributed by atoms with Crippen molar-refractivity contribution in [2.45, 2.75) is 18.9 Å². The maximum Gasteiger partial charge on any atom is 0.246 e. The number of rotatable bonds is 4. The second kappa shape index (κ2) is 5.52. The first-order chi connectivity index (χ1) is 8.24. The largest absolute Gasteiger partial charge is 0.375 e. The number of nitrogens with zero attached hydrogens (tertiary/aromatic N) is 1. The highest BCUT2D eigenvalue weighted by atomic mass is 16.5. The van der Waals surface area contributed by atoms with E-state index in [1.807, 2.05) is 0 Å². The second-order valence-electron chi connectivity index (χ2n) is 4.94. The van der Waals surface area contributed by atoms with Crippen LogP contribution in [0.25, 0.3) is 0 Å². The van der Waals surface area contributed by atoms with Crippen molar-refractivity contribution < 1.29 is 9.53 Å². The quantitative estimate of drug-likeness (QED) is 0.704. The van der Waals surface area contributed by atoms with Crippen LogP contribution in [0.5, 0.6) is 0 Å². The maximum atomic E-state index is 11.3. The van der Waals surface area contributed by atoms with Crippen LogP contribution in [0.3, 0.4) is 0 Å². The van der Waals surface area contributed by atoms with Crippen LogP contribution in [0.15, 0.2) is 0 Å². The first kappa shape index (κ1) is 12.4. The molecule has 0 aromatic rings. The molecule has 3 heterocycles. The number of hydrogen-bond donors (Lipinski definition) is 1. The first-order valence-electron chi connectivity index (χ1n) is 6.20. The summed E-state index contributed by atoms with van der Waals surface area (Å²) in [6.07, 6.45) is 7.85. The summed E-state index contributed by atoms with van der Waals surface area (Å²) in [6.45, 7) is 2.97. The van der Waals surface area contributed by atoms with Crippen LogP contribution in [0.1, 0.15) is 12.8 Å². The highest BCUT2D eigenvalue weighted by Gasteiger charge is 2.39. The molecule has 0 aromatic carbocycles. The van der Waals surface area contributed by atoms with E-state index in [0.717, 1.165) is 26.1 Å². The van der Waals surface area contributed by atoms with Gasteiger partial charge in [0.2, 0.25) is 5.91 Å². The van der Waals surface area contributed by atoms with E-state index in [2.05, 4.69) is 16.1 Å². The van der Waals surface area contributed by atoms with Crippen LogP contribution >= 0.6 is 0 Å². The summed E-state index contributed by atoms with van der Waals surface area (Å²) >= 11 is 0. The Bertz CT molecular complexity index is 324. The van der Waals surface area contributed by atoms with Gasteiger partial charge >= 0.3 is 0 Å². The van der Waals surface area contributed by atoms with Gasteiger partial charge in [-0.25, -0.2) is 0 Å². The number of methoxy groups -OCH3 is 1. The summed E-state index contributed by atoms with van der Waals surface area (Å²) in [4.78, 5) is 13.7. The molecule has 3 saturated heterocycles. The number of amides is 1. The van der Waals surface area contributed by atoms with Crippen molar-refractivity contribution in [2.24, 2.45) is 11.8 Å². The number of carbonyl (C=O) groups is 1. The molecule has 17 heavy (non-hydrogen) atoms. The van der Waals surface area contributed by atoms with Crippen molar-refractivity contribution in [2.75, 3.05) is 33.4 Å². The topological polar surface area (TPSA) is 41.6 Å². The molecule has 0 spiro atoms. The lowest BCUT2D eigenvalue weighted by atomic mass is 9.76.